The quantitative estimate of drug-likeness (QED) is 0.892. The lowest BCUT2D eigenvalue weighted by atomic mass is 9.89. The molecule has 0 spiro atoms. The standard InChI is InChI=1S/C17H19ClN4O2/c1-11(23)21-17-15(8-14(24)10-20-17)12-4-6-22(7-5-12)16-3-2-13(18)9-19-16/h2-3,8-10,12,24H,4-7H2,1H3,(H,20,21,23). The predicted octanol–water partition coefficient (Wildman–Crippen LogP) is 3.18. The van der Waals surface area contributed by atoms with Gasteiger partial charge in [-0.15, -0.1) is 0 Å². The lowest BCUT2D eigenvalue weighted by molar-refractivity contribution is -0.114. The van der Waals surface area contributed by atoms with E-state index in [1.165, 1.54) is 13.1 Å². The van der Waals surface area contributed by atoms with Crippen molar-refractivity contribution in [2.24, 2.45) is 0 Å². The Morgan fingerprint density at radius 1 is 1.29 bits per heavy atom. The Morgan fingerprint density at radius 2 is 2.04 bits per heavy atom. The highest BCUT2D eigenvalue weighted by atomic mass is 35.5. The van der Waals surface area contributed by atoms with Crippen LogP contribution in [0.1, 0.15) is 31.2 Å². The van der Waals surface area contributed by atoms with Crippen molar-refractivity contribution in [1.82, 2.24) is 9.97 Å². The SMILES string of the molecule is CC(=O)Nc1ncc(O)cc1C1CCN(c2ccc(Cl)cn2)CC1. The number of carbonyl (C=O) groups excluding carboxylic acids is 1. The van der Waals surface area contributed by atoms with E-state index in [9.17, 15) is 9.90 Å². The first-order valence-corrected chi connectivity index (χ1v) is 8.23. The number of nitrogens with zero attached hydrogens (tertiary/aromatic N) is 3. The van der Waals surface area contributed by atoms with Crippen molar-refractivity contribution in [3.05, 3.63) is 41.2 Å². The Hall–Kier alpha value is -2.34. The van der Waals surface area contributed by atoms with E-state index in [1.807, 2.05) is 12.1 Å². The number of aromatic nitrogens is 2. The molecule has 1 aliphatic heterocycles. The highest BCUT2D eigenvalue weighted by Crippen LogP contribution is 2.34. The number of halogens is 1. The second kappa shape index (κ2) is 7.05. The summed E-state index contributed by atoms with van der Waals surface area (Å²) in [4.78, 5) is 22.1. The largest absolute Gasteiger partial charge is 0.506 e. The van der Waals surface area contributed by atoms with Gasteiger partial charge in [-0.05, 0) is 37.0 Å². The van der Waals surface area contributed by atoms with Gasteiger partial charge in [-0.1, -0.05) is 11.6 Å². The number of nitrogens with one attached hydrogen (secondary N) is 1. The first-order chi connectivity index (χ1) is 11.5. The van der Waals surface area contributed by atoms with E-state index >= 15 is 0 Å². The first kappa shape index (κ1) is 16.5. The molecule has 24 heavy (non-hydrogen) atoms. The molecule has 3 rings (SSSR count). The first-order valence-electron chi connectivity index (χ1n) is 7.86. The normalized spacial score (nSPS) is 15.3. The summed E-state index contributed by atoms with van der Waals surface area (Å²) in [6.45, 7) is 3.13. The van der Waals surface area contributed by atoms with E-state index in [0.29, 0.717) is 10.8 Å². The molecule has 2 aromatic heterocycles. The van der Waals surface area contributed by atoms with Crippen LogP contribution in [0.15, 0.2) is 30.6 Å². The van der Waals surface area contributed by atoms with Crippen molar-refractivity contribution in [1.29, 1.82) is 0 Å². The minimum Gasteiger partial charge on any atom is -0.506 e. The van der Waals surface area contributed by atoms with Crippen LogP contribution in [0.2, 0.25) is 5.02 Å². The molecule has 0 aliphatic carbocycles. The second-order valence-electron chi connectivity index (χ2n) is 5.91. The Morgan fingerprint density at radius 3 is 2.67 bits per heavy atom. The van der Waals surface area contributed by atoms with Crippen molar-refractivity contribution < 1.29 is 9.90 Å². The van der Waals surface area contributed by atoms with Crippen LogP contribution in [-0.2, 0) is 4.79 Å². The van der Waals surface area contributed by atoms with Gasteiger partial charge in [0, 0.05) is 31.8 Å². The molecule has 1 fully saturated rings. The third-order valence-electron chi connectivity index (χ3n) is 4.17. The van der Waals surface area contributed by atoms with Crippen molar-refractivity contribution in [3.8, 4) is 5.75 Å². The van der Waals surface area contributed by atoms with Gasteiger partial charge in [-0.2, -0.15) is 0 Å². The molecule has 1 aliphatic rings. The Kier molecular flexibility index (Phi) is 4.85. The molecule has 7 heteroatoms. The second-order valence-corrected chi connectivity index (χ2v) is 6.34. The van der Waals surface area contributed by atoms with Crippen molar-refractivity contribution in [3.63, 3.8) is 0 Å². The van der Waals surface area contributed by atoms with Crippen LogP contribution in [0.5, 0.6) is 5.75 Å². The van der Waals surface area contributed by atoms with Crippen LogP contribution in [0.4, 0.5) is 11.6 Å². The van der Waals surface area contributed by atoms with Gasteiger partial charge in [0.05, 0.1) is 11.2 Å². The van der Waals surface area contributed by atoms with Gasteiger partial charge in [0.1, 0.15) is 17.4 Å². The fraction of sp³-hybridized carbons (Fsp3) is 0.353. The number of aromatic hydroxyl groups is 1. The Labute approximate surface area is 145 Å². The highest BCUT2D eigenvalue weighted by Gasteiger charge is 2.24. The third-order valence-corrected chi connectivity index (χ3v) is 4.39. The Balaban J connectivity index is 1.73. The van der Waals surface area contributed by atoms with Crippen molar-refractivity contribution in [2.45, 2.75) is 25.7 Å². The Bertz CT molecular complexity index is 728. The molecular weight excluding hydrogens is 328 g/mol. The molecule has 3 heterocycles. The average molecular weight is 347 g/mol. The summed E-state index contributed by atoms with van der Waals surface area (Å²) in [7, 11) is 0. The zero-order chi connectivity index (χ0) is 17.1. The average Bonchev–Trinajstić information content (AvgIpc) is 2.57. The van der Waals surface area contributed by atoms with Gasteiger partial charge < -0.3 is 15.3 Å². The maximum Gasteiger partial charge on any atom is 0.222 e. The fourth-order valence-corrected chi connectivity index (χ4v) is 3.14. The number of rotatable bonds is 3. The predicted molar refractivity (Wildman–Crippen MR) is 93.6 cm³/mol. The monoisotopic (exact) mass is 346 g/mol. The minimum absolute atomic E-state index is 0.112. The summed E-state index contributed by atoms with van der Waals surface area (Å²) in [5.74, 6) is 1.62. The van der Waals surface area contributed by atoms with Crippen LogP contribution in [0.3, 0.4) is 0 Å². The van der Waals surface area contributed by atoms with E-state index in [-0.39, 0.29) is 17.6 Å². The van der Waals surface area contributed by atoms with Crippen LogP contribution in [-0.4, -0.2) is 34.1 Å². The summed E-state index contributed by atoms with van der Waals surface area (Å²) in [6.07, 6.45) is 4.78. The molecule has 2 N–H and O–H groups in total. The molecule has 0 atom stereocenters. The van der Waals surface area contributed by atoms with Crippen molar-refractivity contribution in [2.75, 3.05) is 23.3 Å². The van der Waals surface area contributed by atoms with Crippen LogP contribution < -0.4 is 10.2 Å². The molecule has 0 bridgehead atoms. The van der Waals surface area contributed by atoms with Crippen LogP contribution in [0.25, 0.3) is 0 Å². The van der Waals surface area contributed by atoms with E-state index in [1.54, 1.807) is 12.3 Å². The number of hydrogen-bond acceptors (Lipinski definition) is 5. The van der Waals surface area contributed by atoms with Gasteiger partial charge >= 0.3 is 0 Å². The van der Waals surface area contributed by atoms with E-state index < -0.39 is 0 Å². The minimum atomic E-state index is -0.169. The number of amides is 1. The van der Waals surface area contributed by atoms with E-state index in [4.69, 9.17) is 11.6 Å². The lowest BCUT2D eigenvalue weighted by Crippen LogP contribution is -2.33. The molecule has 6 nitrogen and oxygen atoms in total. The molecular formula is C17H19ClN4O2. The van der Waals surface area contributed by atoms with Crippen LogP contribution >= 0.6 is 11.6 Å². The third kappa shape index (κ3) is 3.76. The number of carbonyl (C=O) groups is 1. The van der Waals surface area contributed by atoms with E-state index in [2.05, 4.69) is 20.2 Å². The van der Waals surface area contributed by atoms with Gasteiger partial charge in [0.2, 0.25) is 5.91 Å². The van der Waals surface area contributed by atoms with Gasteiger partial charge in [0.25, 0.3) is 0 Å². The van der Waals surface area contributed by atoms with Crippen molar-refractivity contribution >= 4 is 29.1 Å². The molecule has 2 aromatic rings. The fourth-order valence-electron chi connectivity index (χ4n) is 3.03. The maximum atomic E-state index is 11.4. The molecule has 1 amide bonds. The summed E-state index contributed by atoms with van der Waals surface area (Å²) in [5.41, 5.74) is 0.883. The van der Waals surface area contributed by atoms with Crippen LogP contribution in [0, 0.1) is 0 Å². The number of anilines is 2. The zero-order valence-electron chi connectivity index (χ0n) is 13.4. The zero-order valence-corrected chi connectivity index (χ0v) is 14.1. The molecule has 0 unspecified atom stereocenters. The molecule has 0 saturated carbocycles. The smallest absolute Gasteiger partial charge is 0.222 e. The summed E-state index contributed by atoms with van der Waals surface area (Å²) in [6, 6.07) is 5.45. The topological polar surface area (TPSA) is 78.3 Å². The molecule has 0 radical (unpaired) electrons. The van der Waals surface area contributed by atoms with Gasteiger partial charge in [0.15, 0.2) is 0 Å². The number of piperidine rings is 1. The molecule has 126 valence electrons. The lowest BCUT2D eigenvalue weighted by Gasteiger charge is -2.33. The number of hydrogen-bond donors (Lipinski definition) is 2. The van der Waals surface area contributed by atoms with E-state index in [0.717, 1.165) is 37.3 Å². The molecule has 0 aromatic carbocycles. The maximum absolute atomic E-state index is 11.4. The number of pyridine rings is 2. The molecule has 1 saturated heterocycles. The highest BCUT2D eigenvalue weighted by molar-refractivity contribution is 6.30. The summed E-state index contributed by atoms with van der Waals surface area (Å²) < 4.78 is 0. The summed E-state index contributed by atoms with van der Waals surface area (Å²) >= 11 is 5.88. The van der Waals surface area contributed by atoms with Gasteiger partial charge in [-0.25, -0.2) is 9.97 Å². The summed E-state index contributed by atoms with van der Waals surface area (Å²) in [5, 5.41) is 13.1. The van der Waals surface area contributed by atoms with Gasteiger partial charge in [-0.3, -0.25) is 4.79 Å².